The van der Waals surface area contributed by atoms with E-state index < -0.39 is 15.8 Å². The molecule has 1 aromatic carbocycles. The van der Waals surface area contributed by atoms with Gasteiger partial charge in [0, 0.05) is 25.1 Å². The van der Waals surface area contributed by atoms with E-state index in [1.165, 1.54) is 0 Å². The molecule has 0 atom stereocenters. The molecule has 124 valence electrons. The second-order valence-electron chi connectivity index (χ2n) is 4.89. The summed E-state index contributed by atoms with van der Waals surface area (Å²) in [5.74, 6) is -0.0521. The predicted octanol–water partition coefficient (Wildman–Crippen LogP) is 2.54. The van der Waals surface area contributed by atoms with E-state index in [-0.39, 0.29) is 16.5 Å². The van der Waals surface area contributed by atoms with Crippen LogP contribution in [0.1, 0.15) is 5.56 Å². The molecule has 0 aliphatic carbocycles. The molecule has 0 fully saturated rings. The molecule has 9 heteroatoms. The van der Waals surface area contributed by atoms with Crippen molar-refractivity contribution in [2.75, 3.05) is 0 Å². The van der Waals surface area contributed by atoms with Crippen LogP contribution in [0, 0.1) is 5.82 Å². The lowest BCUT2D eigenvalue weighted by Gasteiger charge is -2.09. The summed E-state index contributed by atoms with van der Waals surface area (Å²) in [6.45, 7) is 0.0571. The van der Waals surface area contributed by atoms with E-state index in [9.17, 15) is 12.8 Å². The van der Waals surface area contributed by atoms with E-state index in [1.54, 1.807) is 41.6 Å². The van der Waals surface area contributed by atoms with E-state index >= 15 is 0 Å². The lowest BCUT2D eigenvalue weighted by Crippen LogP contribution is -2.23. The maximum atomic E-state index is 13.2. The Hall–Kier alpha value is -2.29. The summed E-state index contributed by atoms with van der Waals surface area (Å²) in [5, 5.41) is -0.246. The maximum Gasteiger partial charge on any atom is 0.240 e. The number of pyridine rings is 1. The summed E-state index contributed by atoms with van der Waals surface area (Å²) in [4.78, 5) is 8.03. The van der Waals surface area contributed by atoms with Crippen LogP contribution in [-0.2, 0) is 16.6 Å². The lowest BCUT2D eigenvalue weighted by molar-refractivity contribution is 0.580. The normalized spacial score (nSPS) is 11.6. The Kier molecular flexibility index (Phi) is 4.61. The highest BCUT2D eigenvalue weighted by molar-refractivity contribution is 7.89. The fourth-order valence-electron chi connectivity index (χ4n) is 2.01. The Bertz CT molecular complexity index is 961. The molecule has 6 nitrogen and oxygen atoms in total. The second-order valence-corrected chi connectivity index (χ2v) is 7.07. The molecule has 0 bridgehead atoms. The van der Waals surface area contributed by atoms with Crippen LogP contribution in [0.25, 0.3) is 5.82 Å². The van der Waals surface area contributed by atoms with Crippen LogP contribution < -0.4 is 4.72 Å². The standard InChI is InChI=1S/C15H12ClFN4O2S/c16-13-8-12(1-2-14(13)17)24(22,23)20-9-11-3-4-19-15(7-11)21-6-5-18-10-21/h1-8,10,20H,9H2. The van der Waals surface area contributed by atoms with Gasteiger partial charge >= 0.3 is 0 Å². The van der Waals surface area contributed by atoms with E-state index in [4.69, 9.17) is 11.6 Å². The number of halogens is 2. The van der Waals surface area contributed by atoms with Crippen molar-refractivity contribution < 1.29 is 12.8 Å². The van der Waals surface area contributed by atoms with E-state index in [2.05, 4.69) is 14.7 Å². The highest BCUT2D eigenvalue weighted by atomic mass is 35.5. The number of benzene rings is 1. The van der Waals surface area contributed by atoms with Gasteiger partial charge in [-0.05, 0) is 35.9 Å². The van der Waals surface area contributed by atoms with Gasteiger partial charge in [0.2, 0.25) is 10.0 Å². The van der Waals surface area contributed by atoms with Crippen LogP contribution in [0.4, 0.5) is 4.39 Å². The van der Waals surface area contributed by atoms with Gasteiger partial charge in [0.15, 0.2) is 0 Å². The van der Waals surface area contributed by atoms with Crippen LogP contribution in [0.5, 0.6) is 0 Å². The molecule has 1 N–H and O–H groups in total. The number of hydrogen-bond acceptors (Lipinski definition) is 4. The highest BCUT2D eigenvalue weighted by Crippen LogP contribution is 2.19. The van der Waals surface area contributed by atoms with Crippen molar-refractivity contribution in [2.45, 2.75) is 11.4 Å². The molecule has 3 aromatic rings. The molecule has 0 amide bonds. The Morgan fingerprint density at radius 1 is 1.21 bits per heavy atom. The third kappa shape index (κ3) is 3.61. The van der Waals surface area contributed by atoms with Gasteiger partial charge in [-0.3, -0.25) is 4.57 Å². The summed E-state index contributed by atoms with van der Waals surface area (Å²) in [7, 11) is -3.81. The molecule has 2 aromatic heterocycles. The molecule has 0 saturated heterocycles. The zero-order valence-electron chi connectivity index (χ0n) is 12.2. The fourth-order valence-corrected chi connectivity index (χ4v) is 3.30. The van der Waals surface area contributed by atoms with Gasteiger partial charge in [-0.1, -0.05) is 11.6 Å². The number of rotatable bonds is 5. The number of sulfonamides is 1. The van der Waals surface area contributed by atoms with Crippen molar-refractivity contribution in [3.05, 3.63) is 71.7 Å². The van der Waals surface area contributed by atoms with Gasteiger partial charge in [0.05, 0.1) is 9.92 Å². The van der Waals surface area contributed by atoms with Crippen LogP contribution in [0.3, 0.4) is 0 Å². The minimum Gasteiger partial charge on any atom is -0.291 e. The fraction of sp³-hybridized carbons (Fsp3) is 0.0667. The predicted molar refractivity (Wildman–Crippen MR) is 86.8 cm³/mol. The lowest BCUT2D eigenvalue weighted by atomic mass is 10.2. The van der Waals surface area contributed by atoms with Gasteiger partial charge < -0.3 is 0 Å². The number of aromatic nitrogens is 3. The first-order valence-corrected chi connectivity index (χ1v) is 8.70. The summed E-state index contributed by atoms with van der Waals surface area (Å²) in [5.41, 5.74) is 0.713. The average Bonchev–Trinajstić information content (AvgIpc) is 3.10. The average molecular weight is 367 g/mol. The zero-order chi connectivity index (χ0) is 17.2. The Morgan fingerprint density at radius 2 is 2.04 bits per heavy atom. The Labute approximate surface area is 143 Å². The van der Waals surface area contributed by atoms with E-state index in [0.29, 0.717) is 11.4 Å². The van der Waals surface area contributed by atoms with Crippen LogP contribution in [-0.4, -0.2) is 23.0 Å². The van der Waals surface area contributed by atoms with Crippen molar-refractivity contribution in [1.29, 1.82) is 0 Å². The minimum absolute atomic E-state index is 0.0571. The third-order valence-corrected chi connectivity index (χ3v) is 4.94. The molecular weight excluding hydrogens is 355 g/mol. The summed E-state index contributed by atoms with van der Waals surface area (Å²) in [6, 6.07) is 6.68. The molecule has 3 rings (SSSR count). The van der Waals surface area contributed by atoms with Gasteiger partial charge in [0.1, 0.15) is 18.0 Å². The number of nitrogens with one attached hydrogen (secondary N) is 1. The maximum absolute atomic E-state index is 13.2. The smallest absolute Gasteiger partial charge is 0.240 e. The zero-order valence-corrected chi connectivity index (χ0v) is 13.8. The molecule has 2 heterocycles. The topological polar surface area (TPSA) is 76.9 Å². The van der Waals surface area contributed by atoms with Crippen molar-refractivity contribution in [1.82, 2.24) is 19.3 Å². The van der Waals surface area contributed by atoms with Crippen molar-refractivity contribution in [3.8, 4) is 5.82 Å². The molecule has 24 heavy (non-hydrogen) atoms. The van der Waals surface area contributed by atoms with Gasteiger partial charge in [0.25, 0.3) is 0 Å². The van der Waals surface area contributed by atoms with Crippen LogP contribution >= 0.6 is 11.6 Å². The van der Waals surface area contributed by atoms with Crippen molar-refractivity contribution in [3.63, 3.8) is 0 Å². The summed E-state index contributed by atoms with van der Waals surface area (Å²) >= 11 is 5.63. The first-order chi connectivity index (χ1) is 11.5. The quantitative estimate of drug-likeness (QED) is 0.752. The molecule has 0 spiro atoms. The Balaban J connectivity index is 1.77. The SMILES string of the molecule is O=S(=O)(NCc1ccnc(-n2ccnc2)c1)c1ccc(F)c(Cl)c1. The number of hydrogen-bond donors (Lipinski definition) is 1. The van der Waals surface area contributed by atoms with E-state index in [1.807, 2.05) is 0 Å². The molecule has 0 aliphatic rings. The minimum atomic E-state index is -3.81. The molecule has 0 saturated carbocycles. The molecular formula is C15H12ClFN4O2S. The Morgan fingerprint density at radius 3 is 2.75 bits per heavy atom. The highest BCUT2D eigenvalue weighted by Gasteiger charge is 2.15. The van der Waals surface area contributed by atoms with E-state index in [0.717, 1.165) is 18.2 Å². The molecule has 0 radical (unpaired) electrons. The monoisotopic (exact) mass is 366 g/mol. The number of nitrogens with zero attached hydrogens (tertiary/aromatic N) is 3. The van der Waals surface area contributed by atoms with Crippen LogP contribution in [0.15, 0.2) is 60.1 Å². The summed E-state index contributed by atoms with van der Waals surface area (Å²) in [6.07, 6.45) is 6.52. The van der Waals surface area contributed by atoms with Crippen molar-refractivity contribution in [2.24, 2.45) is 0 Å². The largest absolute Gasteiger partial charge is 0.291 e. The second kappa shape index (κ2) is 6.68. The third-order valence-electron chi connectivity index (χ3n) is 3.25. The van der Waals surface area contributed by atoms with Gasteiger partial charge in [-0.25, -0.2) is 27.5 Å². The van der Waals surface area contributed by atoms with Crippen molar-refractivity contribution >= 4 is 21.6 Å². The molecule has 0 unspecified atom stereocenters. The van der Waals surface area contributed by atoms with Gasteiger partial charge in [-0.2, -0.15) is 0 Å². The first-order valence-electron chi connectivity index (χ1n) is 6.84. The van der Waals surface area contributed by atoms with Crippen LogP contribution in [0.2, 0.25) is 5.02 Å². The molecule has 0 aliphatic heterocycles. The summed E-state index contributed by atoms with van der Waals surface area (Å²) < 4.78 is 41.8. The number of imidazole rings is 1. The van der Waals surface area contributed by atoms with Gasteiger partial charge in [-0.15, -0.1) is 0 Å². The first kappa shape index (κ1) is 16.6.